The van der Waals surface area contributed by atoms with Gasteiger partial charge in [0.25, 0.3) is 5.91 Å². The molecule has 1 heterocycles. The van der Waals surface area contributed by atoms with Crippen LogP contribution in [0.15, 0.2) is 53.4 Å². The van der Waals surface area contributed by atoms with Gasteiger partial charge in [-0.1, -0.05) is 23.8 Å². The van der Waals surface area contributed by atoms with Crippen LogP contribution in [0.4, 0.5) is 5.69 Å². The number of nitrogens with zero attached hydrogens (tertiary/aromatic N) is 2. The molecule has 2 aromatic carbocycles. The molecule has 1 aliphatic rings. The summed E-state index contributed by atoms with van der Waals surface area (Å²) < 4.78 is 31.8. The van der Waals surface area contributed by atoms with Gasteiger partial charge in [0.2, 0.25) is 15.9 Å². The number of esters is 1. The zero-order chi connectivity index (χ0) is 24.0. The van der Waals surface area contributed by atoms with E-state index in [1.807, 2.05) is 19.1 Å². The average molecular weight is 474 g/mol. The second-order valence-electron chi connectivity index (χ2n) is 7.88. The number of hydrogen-bond donors (Lipinski definition) is 1. The number of benzene rings is 2. The van der Waals surface area contributed by atoms with E-state index in [0.29, 0.717) is 18.8 Å². The van der Waals surface area contributed by atoms with Gasteiger partial charge in [-0.05, 0) is 50.1 Å². The predicted molar refractivity (Wildman–Crippen MR) is 122 cm³/mol. The highest BCUT2D eigenvalue weighted by atomic mass is 32.2. The van der Waals surface area contributed by atoms with E-state index < -0.39 is 28.5 Å². The first-order chi connectivity index (χ1) is 15.7. The maximum atomic E-state index is 12.7. The Kier molecular flexibility index (Phi) is 7.83. The first-order valence-corrected chi connectivity index (χ1v) is 12.0. The van der Waals surface area contributed by atoms with Crippen LogP contribution >= 0.6 is 0 Å². The molecule has 1 aliphatic heterocycles. The van der Waals surface area contributed by atoms with Crippen molar-refractivity contribution in [3.05, 3.63) is 59.7 Å². The molecule has 0 unspecified atom stereocenters. The third-order valence-electron chi connectivity index (χ3n) is 5.24. The Morgan fingerprint density at radius 2 is 1.73 bits per heavy atom. The molecule has 1 fully saturated rings. The summed E-state index contributed by atoms with van der Waals surface area (Å²) in [5.74, 6) is -1.77. The van der Waals surface area contributed by atoms with Crippen LogP contribution in [0.25, 0.3) is 0 Å². The van der Waals surface area contributed by atoms with Crippen molar-refractivity contribution in [2.75, 3.05) is 38.6 Å². The lowest BCUT2D eigenvalue weighted by Crippen LogP contribution is -2.37. The maximum Gasteiger partial charge on any atom is 0.338 e. The zero-order valence-corrected chi connectivity index (χ0v) is 19.4. The van der Waals surface area contributed by atoms with E-state index in [2.05, 4.69) is 5.32 Å². The molecule has 10 heteroatoms. The van der Waals surface area contributed by atoms with Crippen molar-refractivity contribution < 1.29 is 27.5 Å². The van der Waals surface area contributed by atoms with Crippen LogP contribution in [-0.2, 0) is 24.3 Å². The van der Waals surface area contributed by atoms with Crippen LogP contribution < -0.4 is 5.32 Å². The second-order valence-corrected chi connectivity index (χ2v) is 9.82. The van der Waals surface area contributed by atoms with Crippen LogP contribution in [0.2, 0.25) is 0 Å². The fourth-order valence-electron chi connectivity index (χ4n) is 3.32. The minimum Gasteiger partial charge on any atom is -0.452 e. The first kappa shape index (κ1) is 24.4. The van der Waals surface area contributed by atoms with Gasteiger partial charge in [0.1, 0.15) is 0 Å². The van der Waals surface area contributed by atoms with Gasteiger partial charge in [-0.3, -0.25) is 9.59 Å². The summed E-state index contributed by atoms with van der Waals surface area (Å²) in [7, 11) is -2.25. The van der Waals surface area contributed by atoms with Gasteiger partial charge in [0.15, 0.2) is 6.61 Å². The van der Waals surface area contributed by atoms with E-state index in [0.717, 1.165) is 23.3 Å². The van der Waals surface area contributed by atoms with Crippen LogP contribution in [0, 0.1) is 6.92 Å². The summed E-state index contributed by atoms with van der Waals surface area (Å²) in [6.45, 7) is 2.05. The molecule has 1 N–H and O–H groups in total. The maximum absolute atomic E-state index is 12.7. The number of likely N-dealkylation sites (N-methyl/N-ethyl adjacent to an activating group) is 1. The standard InChI is InChI=1S/C23H27N3O6S/c1-17-8-10-19(11-9-17)24-21(27)15-25(2)22(28)16-32-23(29)18-6-5-7-20(14-18)33(30,31)26-12-3-4-13-26/h5-11,14H,3-4,12-13,15-16H2,1-2H3,(H,24,27). The van der Waals surface area contributed by atoms with Crippen LogP contribution in [0.5, 0.6) is 0 Å². The minimum absolute atomic E-state index is 0.00933. The molecule has 2 amide bonds. The van der Waals surface area contributed by atoms with Crippen molar-refractivity contribution in [2.45, 2.75) is 24.7 Å². The van der Waals surface area contributed by atoms with Crippen molar-refractivity contribution in [1.82, 2.24) is 9.21 Å². The molecule has 0 atom stereocenters. The van der Waals surface area contributed by atoms with Crippen molar-refractivity contribution in [2.24, 2.45) is 0 Å². The van der Waals surface area contributed by atoms with Gasteiger partial charge in [0, 0.05) is 25.8 Å². The van der Waals surface area contributed by atoms with Gasteiger partial charge in [0.05, 0.1) is 17.0 Å². The zero-order valence-electron chi connectivity index (χ0n) is 18.6. The Balaban J connectivity index is 1.53. The first-order valence-electron chi connectivity index (χ1n) is 10.5. The van der Waals surface area contributed by atoms with E-state index >= 15 is 0 Å². The summed E-state index contributed by atoms with van der Waals surface area (Å²) in [5.41, 5.74) is 1.70. The highest BCUT2D eigenvalue weighted by Crippen LogP contribution is 2.21. The Bertz CT molecular complexity index is 1130. The highest BCUT2D eigenvalue weighted by Gasteiger charge is 2.28. The molecule has 176 valence electrons. The number of hydrogen-bond acceptors (Lipinski definition) is 6. The number of rotatable bonds is 8. The van der Waals surface area contributed by atoms with Gasteiger partial charge in [-0.25, -0.2) is 13.2 Å². The number of carbonyl (C=O) groups excluding carboxylic acids is 3. The largest absolute Gasteiger partial charge is 0.452 e. The van der Waals surface area contributed by atoms with E-state index in [9.17, 15) is 22.8 Å². The monoisotopic (exact) mass is 473 g/mol. The van der Waals surface area contributed by atoms with Crippen molar-refractivity contribution in [3.63, 3.8) is 0 Å². The second kappa shape index (κ2) is 10.6. The molecule has 0 aliphatic carbocycles. The molecule has 2 aromatic rings. The third kappa shape index (κ3) is 6.39. The van der Waals surface area contributed by atoms with Crippen molar-refractivity contribution in [1.29, 1.82) is 0 Å². The number of aryl methyl sites for hydroxylation is 1. The number of carbonyl (C=O) groups is 3. The lowest BCUT2D eigenvalue weighted by molar-refractivity contribution is -0.136. The van der Waals surface area contributed by atoms with Crippen LogP contribution in [0.1, 0.15) is 28.8 Å². The average Bonchev–Trinajstić information content (AvgIpc) is 3.34. The summed E-state index contributed by atoms with van der Waals surface area (Å²) in [5, 5.41) is 2.69. The fourth-order valence-corrected chi connectivity index (χ4v) is 4.89. The number of anilines is 1. The quantitative estimate of drug-likeness (QED) is 0.587. The summed E-state index contributed by atoms with van der Waals surface area (Å²) >= 11 is 0. The van der Waals surface area contributed by atoms with Crippen LogP contribution in [-0.4, -0.2) is 68.7 Å². The molecule has 3 rings (SSSR count). The lowest BCUT2D eigenvalue weighted by Gasteiger charge is -2.17. The third-order valence-corrected chi connectivity index (χ3v) is 7.14. The Labute approximate surface area is 193 Å². The number of amides is 2. The number of nitrogens with one attached hydrogen (secondary N) is 1. The molecule has 33 heavy (non-hydrogen) atoms. The van der Waals surface area contributed by atoms with E-state index in [1.54, 1.807) is 12.1 Å². The molecule has 9 nitrogen and oxygen atoms in total. The predicted octanol–water partition coefficient (Wildman–Crippen LogP) is 2.03. The van der Waals surface area contributed by atoms with Gasteiger partial charge < -0.3 is 15.0 Å². The van der Waals surface area contributed by atoms with Crippen LogP contribution in [0.3, 0.4) is 0 Å². The van der Waals surface area contributed by atoms with E-state index in [4.69, 9.17) is 4.74 Å². The van der Waals surface area contributed by atoms with E-state index in [-0.39, 0.29) is 22.9 Å². The summed E-state index contributed by atoms with van der Waals surface area (Å²) in [6.07, 6.45) is 1.61. The SMILES string of the molecule is Cc1ccc(NC(=O)CN(C)C(=O)COC(=O)c2cccc(S(=O)(=O)N3CCCC3)c2)cc1. The van der Waals surface area contributed by atoms with Gasteiger partial charge in [-0.15, -0.1) is 0 Å². The van der Waals surface area contributed by atoms with E-state index in [1.165, 1.54) is 35.6 Å². The molecule has 0 bridgehead atoms. The smallest absolute Gasteiger partial charge is 0.338 e. The molecule has 0 spiro atoms. The van der Waals surface area contributed by atoms with Crippen molar-refractivity contribution in [3.8, 4) is 0 Å². The van der Waals surface area contributed by atoms with Crippen molar-refractivity contribution >= 4 is 33.5 Å². The Hall–Kier alpha value is -3.24. The summed E-state index contributed by atoms with van der Waals surface area (Å²) in [6, 6.07) is 12.8. The normalized spacial score (nSPS) is 14.0. The Morgan fingerprint density at radius 1 is 1.06 bits per heavy atom. The highest BCUT2D eigenvalue weighted by molar-refractivity contribution is 7.89. The number of ether oxygens (including phenoxy) is 1. The molecule has 0 aromatic heterocycles. The topological polar surface area (TPSA) is 113 Å². The molecule has 1 saturated heterocycles. The molecular weight excluding hydrogens is 446 g/mol. The fraction of sp³-hybridized carbons (Fsp3) is 0.348. The molecule has 0 radical (unpaired) electrons. The molecule has 0 saturated carbocycles. The minimum atomic E-state index is -3.68. The lowest BCUT2D eigenvalue weighted by atomic mass is 10.2. The molecular formula is C23H27N3O6S. The number of sulfonamides is 1. The van der Waals surface area contributed by atoms with Gasteiger partial charge in [-0.2, -0.15) is 4.31 Å². The Morgan fingerprint density at radius 3 is 2.39 bits per heavy atom. The van der Waals surface area contributed by atoms with Gasteiger partial charge >= 0.3 is 5.97 Å². The summed E-state index contributed by atoms with van der Waals surface area (Å²) in [4.78, 5) is 38.0.